The summed E-state index contributed by atoms with van der Waals surface area (Å²) in [6.45, 7) is 0. The number of carboxylic acids is 1. The molecule has 5 nitrogen and oxygen atoms in total. The lowest BCUT2D eigenvalue weighted by Crippen LogP contribution is -2.26. The van der Waals surface area contributed by atoms with Crippen LogP contribution in [-0.4, -0.2) is 35.8 Å². The van der Waals surface area contributed by atoms with Gasteiger partial charge in [-0.25, -0.2) is 4.79 Å². The lowest BCUT2D eigenvalue weighted by Gasteiger charge is -2.22. The van der Waals surface area contributed by atoms with Crippen LogP contribution in [0.2, 0.25) is 0 Å². The molecule has 1 aliphatic rings. The predicted molar refractivity (Wildman–Crippen MR) is 53.7 cm³/mol. The molecule has 0 unspecified atom stereocenters. The average Bonchev–Trinajstić information content (AvgIpc) is 2.16. The molecule has 76 valence electrons. The van der Waals surface area contributed by atoms with Crippen LogP contribution < -0.4 is 5.84 Å². The van der Waals surface area contributed by atoms with Crippen molar-refractivity contribution in [3.8, 4) is 0 Å². The summed E-state index contributed by atoms with van der Waals surface area (Å²) in [6, 6.07) is 0. The Bertz CT molecular complexity index is 340. The molecule has 0 aromatic heterocycles. The van der Waals surface area contributed by atoms with Gasteiger partial charge in [-0.3, -0.25) is 0 Å². The lowest BCUT2D eigenvalue weighted by atomic mass is 10.0. The smallest absolute Gasteiger partial charge is 0.337 e. The van der Waals surface area contributed by atoms with Crippen molar-refractivity contribution in [1.29, 1.82) is 0 Å². The number of hydrazone groups is 1. The number of rotatable bonds is 2. The zero-order valence-corrected chi connectivity index (χ0v) is 8.19. The fraction of sp³-hybridized carbons (Fsp3) is 0.333. The molecular weight excluding hydrogens is 182 g/mol. The van der Waals surface area contributed by atoms with Gasteiger partial charge >= 0.3 is 5.97 Å². The van der Waals surface area contributed by atoms with E-state index in [9.17, 15) is 4.79 Å². The van der Waals surface area contributed by atoms with E-state index in [0.29, 0.717) is 17.8 Å². The molecule has 5 heteroatoms. The first-order chi connectivity index (χ1) is 6.57. The molecule has 0 heterocycles. The van der Waals surface area contributed by atoms with Gasteiger partial charge in [-0.2, -0.15) is 5.10 Å². The summed E-state index contributed by atoms with van der Waals surface area (Å²) < 4.78 is 0. The Kier molecular flexibility index (Phi) is 2.91. The van der Waals surface area contributed by atoms with E-state index in [1.165, 1.54) is 0 Å². The molecule has 14 heavy (non-hydrogen) atoms. The van der Waals surface area contributed by atoms with Gasteiger partial charge in [0.1, 0.15) is 0 Å². The third kappa shape index (κ3) is 1.76. The number of hydrogen-bond donors (Lipinski definition) is 2. The molecule has 0 atom stereocenters. The van der Waals surface area contributed by atoms with Crippen LogP contribution >= 0.6 is 0 Å². The summed E-state index contributed by atoms with van der Waals surface area (Å²) in [5.41, 5.74) is 1.39. The number of aliphatic carboxylic acids is 1. The van der Waals surface area contributed by atoms with Crippen LogP contribution in [0.25, 0.3) is 0 Å². The summed E-state index contributed by atoms with van der Waals surface area (Å²) in [6.07, 6.45) is 3.88. The molecule has 0 fully saturated rings. The molecule has 1 aliphatic carbocycles. The second-order valence-electron chi connectivity index (χ2n) is 3.14. The van der Waals surface area contributed by atoms with Crippen LogP contribution in [0.3, 0.4) is 0 Å². The van der Waals surface area contributed by atoms with E-state index in [0.717, 1.165) is 0 Å². The molecule has 1 rings (SSSR count). The van der Waals surface area contributed by atoms with Gasteiger partial charge < -0.3 is 15.8 Å². The molecule has 0 aliphatic heterocycles. The Morgan fingerprint density at radius 1 is 1.64 bits per heavy atom. The molecular formula is C9H13N3O2. The van der Waals surface area contributed by atoms with E-state index >= 15 is 0 Å². The van der Waals surface area contributed by atoms with Crippen molar-refractivity contribution < 1.29 is 9.90 Å². The van der Waals surface area contributed by atoms with Gasteiger partial charge in [0.05, 0.1) is 17.0 Å². The molecule has 0 amide bonds. The van der Waals surface area contributed by atoms with Crippen molar-refractivity contribution in [2.75, 3.05) is 14.1 Å². The molecule has 0 radical (unpaired) electrons. The summed E-state index contributed by atoms with van der Waals surface area (Å²) in [4.78, 5) is 12.6. The highest BCUT2D eigenvalue weighted by molar-refractivity contribution is 6.09. The molecule has 0 bridgehead atoms. The SMILES string of the molecule is CN(C)C1=C(C(=O)O)C=CCC1=NN. The Labute approximate surface area is 82.2 Å². The predicted octanol–water partition coefficient (Wildman–Crippen LogP) is 0.161. The number of allylic oxidation sites excluding steroid dienone is 2. The fourth-order valence-corrected chi connectivity index (χ4v) is 1.40. The highest BCUT2D eigenvalue weighted by Gasteiger charge is 2.21. The van der Waals surface area contributed by atoms with Crippen molar-refractivity contribution in [3.63, 3.8) is 0 Å². The molecule has 0 saturated carbocycles. The first-order valence-corrected chi connectivity index (χ1v) is 4.16. The van der Waals surface area contributed by atoms with Gasteiger partial charge in [-0.05, 0) is 6.08 Å². The average molecular weight is 195 g/mol. The minimum atomic E-state index is -0.967. The topological polar surface area (TPSA) is 78.9 Å². The minimum Gasteiger partial charge on any atom is -0.478 e. The number of carboxylic acid groups (broad SMARTS) is 1. The highest BCUT2D eigenvalue weighted by atomic mass is 16.4. The quantitative estimate of drug-likeness (QED) is 0.486. The van der Waals surface area contributed by atoms with Gasteiger partial charge in [0.15, 0.2) is 0 Å². The largest absolute Gasteiger partial charge is 0.478 e. The standard InChI is InChI=1S/C9H13N3O2/c1-12(2)8-6(9(13)14)4-3-5-7(8)11-10/h3-4H,5,10H2,1-2H3,(H,13,14). The summed E-state index contributed by atoms with van der Waals surface area (Å²) in [5.74, 6) is 4.23. The van der Waals surface area contributed by atoms with Crippen molar-refractivity contribution in [1.82, 2.24) is 4.90 Å². The van der Waals surface area contributed by atoms with Gasteiger partial charge in [0, 0.05) is 20.5 Å². The van der Waals surface area contributed by atoms with Gasteiger partial charge in [-0.1, -0.05) is 6.08 Å². The number of nitrogens with two attached hydrogens (primary N) is 1. The van der Waals surface area contributed by atoms with E-state index in [4.69, 9.17) is 10.9 Å². The van der Waals surface area contributed by atoms with Crippen molar-refractivity contribution >= 4 is 11.7 Å². The van der Waals surface area contributed by atoms with E-state index < -0.39 is 5.97 Å². The lowest BCUT2D eigenvalue weighted by molar-refractivity contribution is -0.132. The van der Waals surface area contributed by atoms with Crippen LogP contribution in [0.15, 0.2) is 28.5 Å². The Morgan fingerprint density at radius 2 is 2.29 bits per heavy atom. The van der Waals surface area contributed by atoms with Gasteiger partial charge in [0.25, 0.3) is 0 Å². The summed E-state index contributed by atoms with van der Waals surface area (Å²) in [7, 11) is 3.53. The van der Waals surface area contributed by atoms with E-state index in [2.05, 4.69) is 5.10 Å². The van der Waals surface area contributed by atoms with Crippen molar-refractivity contribution in [2.45, 2.75) is 6.42 Å². The second-order valence-corrected chi connectivity index (χ2v) is 3.14. The molecule has 0 aromatic carbocycles. The van der Waals surface area contributed by atoms with Crippen LogP contribution in [-0.2, 0) is 4.79 Å². The van der Waals surface area contributed by atoms with Crippen LogP contribution in [0.4, 0.5) is 0 Å². The minimum absolute atomic E-state index is 0.227. The Balaban J connectivity index is 3.27. The summed E-state index contributed by atoms with van der Waals surface area (Å²) in [5, 5.41) is 12.5. The van der Waals surface area contributed by atoms with Crippen LogP contribution in [0.5, 0.6) is 0 Å². The molecule has 0 aromatic rings. The number of hydrogen-bond acceptors (Lipinski definition) is 4. The van der Waals surface area contributed by atoms with E-state index in [-0.39, 0.29) is 5.57 Å². The molecule has 0 saturated heterocycles. The van der Waals surface area contributed by atoms with Crippen molar-refractivity contribution in [2.24, 2.45) is 10.9 Å². The zero-order valence-electron chi connectivity index (χ0n) is 8.19. The van der Waals surface area contributed by atoms with Crippen LogP contribution in [0, 0.1) is 0 Å². The maximum atomic E-state index is 10.9. The fourth-order valence-electron chi connectivity index (χ4n) is 1.40. The molecule has 0 spiro atoms. The Hall–Kier alpha value is -1.78. The van der Waals surface area contributed by atoms with E-state index in [1.54, 1.807) is 31.1 Å². The van der Waals surface area contributed by atoms with E-state index in [1.807, 2.05) is 0 Å². The number of nitrogens with zero attached hydrogens (tertiary/aromatic N) is 2. The zero-order chi connectivity index (χ0) is 10.7. The second kappa shape index (κ2) is 3.95. The first kappa shape index (κ1) is 10.3. The Morgan fingerprint density at radius 3 is 2.71 bits per heavy atom. The first-order valence-electron chi connectivity index (χ1n) is 4.16. The monoisotopic (exact) mass is 195 g/mol. The third-order valence-corrected chi connectivity index (χ3v) is 1.96. The van der Waals surface area contributed by atoms with Gasteiger partial charge in [0.2, 0.25) is 0 Å². The normalized spacial score (nSPS) is 18.9. The van der Waals surface area contributed by atoms with Gasteiger partial charge in [-0.15, -0.1) is 0 Å². The number of carbonyl (C=O) groups is 1. The maximum absolute atomic E-state index is 10.9. The van der Waals surface area contributed by atoms with Crippen LogP contribution in [0.1, 0.15) is 6.42 Å². The third-order valence-electron chi connectivity index (χ3n) is 1.96. The highest BCUT2D eigenvalue weighted by Crippen LogP contribution is 2.18. The summed E-state index contributed by atoms with van der Waals surface area (Å²) >= 11 is 0. The maximum Gasteiger partial charge on any atom is 0.337 e. The van der Waals surface area contributed by atoms with Crippen molar-refractivity contribution in [3.05, 3.63) is 23.4 Å². The molecule has 3 N–H and O–H groups in total.